The van der Waals surface area contributed by atoms with Crippen LogP contribution in [-0.2, 0) is 40.9 Å². The third-order valence-corrected chi connectivity index (χ3v) is 8.71. The van der Waals surface area contributed by atoms with Crippen molar-refractivity contribution < 1.29 is 46.7 Å². The summed E-state index contributed by atoms with van der Waals surface area (Å²) in [5.41, 5.74) is 0. The van der Waals surface area contributed by atoms with Crippen molar-refractivity contribution >= 4 is 41.0 Å². The van der Waals surface area contributed by atoms with Crippen molar-refractivity contribution in [2.24, 2.45) is 0 Å². The van der Waals surface area contributed by atoms with E-state index in [0.29, 0.717) is 0 Å². The summed E-state index contributed by atoms with van der Waals surface area (Å²) in [7, 11) is 0. The number of benzene rings is 1. The van der Waals surface area contributed by atoms with Crippen molar-refractivity contribution in [1.29, 1.82) is 0 Å². The van der Waals surface area contributed by atoms with E-state index in [1.54, 1.807) is 3.95 Å². The molecule has 0 heterocycles. The first-order valence-corrected chi connectivity index (χ1v) is 15.8. The van der Waals surface area contributed by atoms with Crippen LogP contribution in [0.2, 0.25) is 9.62 Å². The van der Waals surface area contributed by atoms with E-state index in [0.717, 1.165) is 0 Å². The maximum atomic E-state index is 7.56. The second-order valence-electron chi connectivity index (χ2n) is 4.24. The molecule has 6 N–H and O–H groups in total. The van der Waals surface area contributed by atoms with Crippen molar-refractivity contribution in [3.8, 4) is 0 Å². The van der Waals surface area contributed by atoms with E-state index in [4.69, 9.17) is 29.4 Å². The summed E-state index contributed by atoms with van der Waals surface area (Å²) in [5, 5.41) is 0. The Morgan fingerprint density at radius 2 is 1.09 bits per heavy atom. The van der Waals surface area contributed by atoms with Gasteiger partial charge < -0.3 is 29.4 Å². The molecule has 0 saturated carbocycles. The van der Waals surface area contributed by atoms with E-state index in [1.807, 2.05) is 0 Å². The SMILES string of the molecule is CC[CH2][Mo]([CH2]CC)[c]1ccccc1.OP(O)(O)=S.OP(O)(O)=S. The molecule has 1 aromatic rings. The molecular weight excluding hydrogens is 462 g/mol. The van der Waals surface area contributed by atoms with E-state index < -0.39 is 30.7 Å². The van der Waals surface area contributed by atoms with E-state index in [2.05, 4.69) is 67.8 Å². The molecule has 0 aliphatic carbocycles. The summed E-state index contributed by atoms with van der Waals surface area (Å²) in [6.07, 6.45) is 2.73. The van der Waals surface area contributed by atoms with E-state index in [-0.39, 0.29) is 0 Å². The Morgan fingerprint density at radius 1 is 0.783 bits per heavy atom. The molecule has 0 radical (unpaired) electrons. The maximum absolute atomic E-state index is 7.56. The van der Waals surface area contributed by atoms with Gasteiger partial charge in [-0.2, -0.15) is 0 Å². The second-order valence-corrected chi connectivity index (χ2v) is 14.8. The predicted molar refractivity (Wildman–Crippen MR) is 98.2 cm³/mol. The molecule has 6 nitrogen and oxygen atoms in total. The van der Waals surface area contributed by atoms with Gasteiger partial charge in [-0.05, 0) is 23.6 Å². The standard InChI is InChI=1S/C6H5.2C3H7.Mo.2H3O3PS/c1-2-4-6-5-3-1;2*1-3-2;;2*1-4(2,3)5/h1-5H;2*1,3H2,2H3;;2*(H3,1,2,3,5). The quantitative estimate of drug-likeness (QED) is 0.276. The first-order chi connectivity index (χ1) is 10.4. The Kier molecular flexibility index (Phi) is 16.1. The van der Waals surface area contributed by atoms with E-state index >= 15 is 0 Å². The number of hydrogen-bond donors (Lipinski definition) is 6. The van der Waals surface area contributed by atoms with Gasteiger partial charge in [0.25, 0.3) is 0 Å². The molecule has 0 unspecified atom stereocenters. The van der Waals surface area contributed by atoms with Crippen LogP contribution in [0, 0.1) is 0 Å². The molecule has 0 aliphatic heterocycles. The molecule has 0 amide bonds. The summed E-state index contributed by atoms with van der Waals surface area (Å²) in [6, 6.07) is 11.2. The summed E-state index contributed by atoms with van der Waals surface area (Å²) in [4.78, 5) is 48.3. The molecule has 0 atom stereocenters. The summed E-state index contributed by atoms with van der Waals surface area (Å²) < 4.78 is 1.69. The summed E-state index contributed by atoms with van der Waals surface area (Å²) in [6.45, 7) is -2.99. The van der Waals surface area contributed by atoms with Crippen LogP contribution in [0.15, 0.2) is 30.3 Å². The van der Waals surface area contributed by atoms with E-state index in [1.165, 1.54) is 22.5 Å². The van der Waals surface area contributed by atoms with Gasteiger partial charge in [0.05, 0.1) is 0 Å². The minimum Gasteiger partial charge on any atom is -0.325 e. The summed E-state index contributed by atoms with van der Waals surface area (Å²) in [5.74, 6) is 0. The number of hydrogen-bond acceptors (Lipinski definition) is 2. The fourth-order valence-electron chi connectivity index (χ4n) is 1.44. The Morgan fingerprint density at radius 3 is 1.35 bits per heavy atom. The molecule has 137 valence electrons. The molecule has 0 spiro atoms. The molecule has 0 saturated heterocycles. The predicted octanol–water partition coefficient (Wildman–Crippen LogP) is 1.96. The van der Waals surface area contributed by atoms with Gasteiger partial charge in [0, 0.05) is 0 Å². The molecule has 1 aromatic carbocycles. The zero-order chi connectivity index (χ0) is 18.5. The molecule has 0 fully saturated rings. The Bertz CT molecular complexity index is 451. The van der Waals surface area contributed by atoms with Crippen LogP contribution in [0.1, 0.15) is 26.7 Å². The Balaban J connectivity index is 0. The average molecular weight is 487 g/mol. The third kappa shape index (κ3) is 28.1. The van der Waals surface area contributed by atoms with Crippen LogP contribution < -0.4 is 3.95 Å². The third-order valence-electron chi connectivity index (χ3n) is 1.98. The molecule has 23 heavy (non-hydrogen) atoms. The van der Waals surface area contributed by atoms with Gasteiger partial charge in [-0.1, -0.05) is 0 Å². The van der Waals surface area contributed by atoms with Crippen LogP contribution in [0.5, 0.6) is 0 Å². The molecule has 11 heteroatoms. The summed E-state index contributed by atoms with van der Waals surface area (Å²) >= 11 is 6.31. The van der Waals surface area contributed by atoms with Gasteiger partial charge in [-0.3, -0.25) is 0 Å². The van der Waals surface area contributed by atoms with Gasteiger partial charge in [-0.15, -0.1) is 0 Å². The smallest absolute Gasteiger partial charge is 0.319 e. The van der Waals surface area contributed by atoms with Crippen molar-refractivity contribution in [3.05, 3.63) is 30.3 Å². The minimum absolute atomic E-state index is 0.901. The van der Waals surface area contributed by atoms with Crippen LogP contribution in [0.3, 0.4) is 0 Å². The normalized spacial score (nSPS) is 11.2. The molecule has 1 rings (SSSR count). The molecule has 0 aromatic heterocycles. The molecular formula is C12H25MoO6P2S2. The van der Waals surface area contributed by atoms with Crippen LogP contribution >= 0.6 is 13.4 Å². The Labute approximate surface area is 153 Å². The van der Waals surface area contributed by atoms with Gasteiger partial charge in [0.15, 0.2) is 0 Å². The second kappa shape index (κ2) is 14.2. The monoisotopic (exact) mass is 489 g/mol. The first-order valence-electron chi connectivity index (χ1n) is 6.67. The average Bonchev–Trinajstić information content (AvgIpc) is 2.36. The maximum Gasteiger partial charge on any atom is 0.319 e. The van der Waals surface area contributed by atoms with Crippen LogP contribution in [-0.4, -0.2) is 29.4 Å². The van der Waals surface area contributed by atoms with Crippen LogP contribution in [0.4, 0.5) is 0 Å². The number of rotatable bonds is 5. The van der Waals surface area contributed by atoms with Crippen molar-refractivity contribution in [2.45, 2.75) is 36.3 Å². The van der Waals surface area contributed by atoms with Gasteiger partial charge in [-0.25, -0.2) is 0 Å². The van der Waals surface area contributed by atoms with Gasteiger partial charge in [0.2, 0.25) is 0 Å². The Hall–Kier alpha value is 0.968. The minimum atomic E-state index is -3.81. The molecule has 0 aliphatic rings. The van der Waals surface area contributed by atoms with Crippen molar-refractivity contribution in [1.82, 2.24) is 0 Å². The largest absolute Gasteiger partial charge is 0.325 e. The zero-order valence-corrected chi connectivity index (χ0v) is 18.4. The van der Waals surface area contributed by atoms with Gasteiger partial charge in [0.1, 0.15) is 0 Å². The van der Waals surface area contributed by atoms with Crippen molar-refractivity contribution in [2.75, 3.05) is 0 Å². The first kappa shape index (κ1) is 26.2. The van der Waals surface area contributed by atoms with E-state index in [9.17, 15) is 0 Å². The fourth-order valence-corrected chi connectivity index (χ4v) is 6.86. The fraction of sp³-hybridized carbons (Fsp3) is 0.500. The molecule has 0 bridgehead atoms. The van der Waals surface area contributed by atoms with Crippen molar-refractivity contribution in [3.63, 3.8) is 0 Å². The van der Waals surface area contributed by atoms with Gasteiger partial charge >= 0.3 is 101 Å². The topological polar surface area (TPSA) is 121 Å². The zero-order valence-electron chi connectivity index (χ0n) is 13.0. The van der Waals surface area contributed by atoms with Crippen LogP contribution in [0.25, 0.3) is 0 Å².